The molecule has 1 aliphatic heterocycles. The molecule has 1 aliphatic rings. The largest absolute Gasteiger partial charge is 0.453 e. The summed E-state index contributed by atoms with van der Waals surface area (Å²) in [7, 11) is 0. The lowest BCUT2D eigenvalue weighted by molar-refractivity contribution is -0.122. The van der Waals surface area contributed by atoms with Gasteiger partial charge in [0.15, 0.2) is 23.0 Å². The number of aromatic nitrogens is 3. The highest BCUT2D eigenvalue weighted by Crippen LogP contribution is 2.40. The first-order valence-electron chi connectivity index (χ1n) is 12.2. The molecule has 0 saturated heterocycles. The molecule has 1 amide bonds. The van der Waals surface area contributed by atoms with Crippen LogP contribution in [0.2, 0.25) is 0 Å². The molecule has 0 atom stereocenters. The fourth-order valence-corrected chi connectivity index (χ4v) is 4.36. The summed E-state index contributed by atoms with van der Waals surface area (Å²) in [6.45, 7) is 10.2. The van der Waals surface area contributed by atoms with E-state index in [1.807, 2.05) is 26.8 Å². The Hall–Kier alpha value is -3.20. The number of carbonyl (C=O) groups is 1. The van der Waals surface area contributed by atoms with Crippen molar-refractivity contribution in [1.82, 2.24) is 14.8 Å². The highest BCUT2D eigenvalue weighted by molar-refractivity contribution is 6.02. The van der Waals surface area contributed by atoms with Gasteiger partial charge < -0.3 is 14.6 Å². The molecule has 0 radical (unpaired) electrons. The van der Waals surface area contributed by atoms with Gasteiger partial charge in [0.2, 0.25) is 18.4 Å². The number of pyridine rings is 1. The minimum atomic E-state index is -0.885. The van der Waals surface area contributed by atoms with Gasteiger partial charge in [0.25, 0.3) is 0 Å². The predicted octanol–water partition coefficient (Wildman–Crippen LogP) is 4.92. The molecule has 1 aromatic carbocycles. The van der Waals surface area contributed by atoms with Gasteiger partial charge in [-0.25, -0.2) is 14.1 Å². The van der Waals surface area contributed by atoms with Crippen molar-refractivity contribution in [2.75, 3.05) is 18.2 Å². The summed E-state index contributed by atoms with van der Waals surface area (Å²) in [5.74, 6) is 0.319. The van der Waals surface area contributed by atoms with Crippen LogP contribution < -0.4 is 14.4 Å². The van der Waals surface area contributed by atoms with Gasteiger partial charge in [0, 0.05) is 36.3 Å². The van der Waals surface area contributed by atoms with Crippen LogP contribution in [-0.4, -0.2) is 44.7 Å². The smallest absolute Gasteiger partial charge is 0.231 e. The maximum Gasteiger partial charge on any atom is 0.231 e. The first-order chi connectivity index (χ1) is 16.7. The number of benzene rings is 1. The van der Waals surface area contributed by atoms with E-state index in [0.717, 1.165) is 12.8 Å². The lowest BCUT2D eigenvalue weighted by Crippen LogP contribution is -2.36. The van der Waals surface area contributed by atoms with Crippen molar-refractivity contribution in [2.45, 2.75) is 66.0 Å². The molecule has 4 rings (SSSR count). The van der Waals surface area contributed by atoms with Crippen LogP contribution in [0.5, 0.6) is 11.5 Å². The van der Waals surface area contributed by atoms with E-state index in [4.69, 9.17) is 14.6 Å². The number of amides is 1. The Balaban J connectivity index is 1.85. The Kier molecular flexibility index (Phi) is 6.98. The van der Waals surface area contributed by atoms with Gasteiger partial charge in [-0.1, -0.05) is 13.8 Å². The maximum absolute atomic E-state index is 15.2. The second kappa shape index (κ2) is 9.81. The third kappa shape index (κ3) is 4.82. The normalized spacial score (nSPS) is 13.1. The zero-order valence-corrected chi connectivity index (χ0v) is 21.0. The van der Waals surface area contributed by atoms with E-state index in [0.29, 0.717) is 53.2 Å². The second-order valence-corrected chi connectivity index (χ2v) is 9.46. The number of hydrogen-bond acceptors (Lipinski definition) is 6. The maximum atomic E-state index is 15.2. The van der Waals surface area contributed by atoms with Gasteiger partial charge in [0.05, 0.1) is 11.0 Å². The van der Waals surface area contributed by atoms with E-state index in [1.165, 1.54) is 0 Å². The number of rotatable bonds is 9. The summed E-state index contributed by atoms with van der Waals surface area (Å²) in [6.07, 6.45) is 3.51. The zero-order chi connectivity index (χ0) is 25.3. The Morgan fingerprint density at radius 1 is 1.26 bits per heavy atom. The number of carbonyl (C=O) groups excluding carboxylic acids is 1. The molecule has 3 aromatic rings. The minimum absolute atomic E-state index is 0.00574. The Labute approximate surface area is 204 Å². The van der Waals surface area contributed by atoms with E-state index < -0.39 is 11.4 Å². The quantitative estimate of drug-likeness (QED) is 0.464. The summed E-state index contributed by atoms with van der Waals surface area (Å²) in [5, 5.41) is 15.7. The summed E-state index contributed by atoms with van der Waals surface area (Å²) in [5.41, 5.74) is 0.560. The van der Waals surface area contributed by atoms with E-state index >= 15 is 4.39 Å². The molecule has 0 bridgehead atoms. The van der Waals surface area contributed by atoms with Crippen LogP contribution >= 0.6 is 0 Å². The molecule has 1 N–H and O–H groups in total. The molecule has 35 heavy (non-hydrogen) atoms. The molecular formula is C26H33FN4O4. The van der Waals surface area contributed by atoms with Crippen LogP contribution in [0.1, 0.15) is 53.9 Å². The van der Waals surface area contributed by atoms with Gasteiger partial charge in [-0.15, -0.1) is 0 Å². The van der Waals surface area contributed by atoms with Crippen molar-refractivity contribution in [1.29, 1.82) is 0 Å². The third-order valence-corrected chi connectivity index (χ3v) is 6.47. The third-order valence-electron chi connectivity index (χ3n) is 6.47. The predicted molar refractivity (Wildman–Crippen MR) is 132 cm³/mol. The molecule has 188 valence electrons. The average molecular weight is 485 g/mol. The van der Waals surface area contributed by atoms with Gasteiger partial charge in [0.1, 0.15) is 0 Å². The van der Waals surface area contributed by atoms with Gasteiger partial charge in [-0.3, -0.25) is 9.69 Å². The lowest BCUT2D eigenvalue weighted by atomic mass is 10.0. The zero-order valence-electron chi connectivity index (χ0n) is 21.0. The van der Waals surface area contributed by atoms with E-state index in [-0.39, 0.29) is 24.4 Å². The van der Waals surface area contributed by atoms with Crippen LogP contribution in [0.15, 0.2) is 24.4 Å². The highest BCUT2D eigenvalue weighted by atomic mass is 19.1. The minimum Gasteiger partial charge on any atom is -0.453 e. The number of anilines is 1. The summed E-state index contributed by atoms with van der Waals surface area (Å²) in [4.78, 5) is 19.7. The molecule has 0 unspecified atom stereocenters. The highest BCUT2D eigenvalue weighted by Gasteiger charge is 2.28. The van der Waals surface area contributed by atoms with Crippen LogP contribution in [0.4, 0.5) is 10.2 Å². The Bertz CT molecular complexity index is 1230. The van der Waals surface area contributed by atoms with Crippen LogP contribution in [0.3, 0.4) is 0 Å². The number of ether oxygens (including phenoxy) is 2. The number of aryl methyl sites for hydroxylation is 1. The number of aliphatic hydroxyl groups is 1. The number of hydrogen-bond donors (Lipinski definition) is 1. The number of halogens is 1. The Morgan fingerprint density at radius 2 is 2.00 bits per heavy atom. The van der Waals surface area contributed by atoms with Crippen molar-refractivity contribution >= 4 is 22.8 Å². The van der Waals surface area contributed by atoms with Crippen molar-refractivity contribution < 1.29 is 23.8 Å². The van der Waals surface area contributed by atoms with Gasteiger partial charge >= 0.3 is 0 Å². The average Bonchev–Trinajstić information content (AvgIpc) is 3.44. The van der Waals surface area contributed by atoms with Gasteiger partial charge in [-0.2, -0.15) is 5.10 Å². The SMILES string of the molecule is CCC(CC)C(=O)N(CC)c1nn(CCC(C)(C)O)c2ncc(-c3ccc4c(c3F)OCO4)cc12. The molecule has 0 spiro atoms. The van der Waals surface area contributed by atoms with Crippen LogP contribution in [-0.2, 0) is 11.3 Å². The first kappa shape index (κ1) is 24.9. The van der Waals surface area contributed by atoms with E-state index in [1.54, 1.807) is 41.8 Å². The van der Waals surface area contributed by atoms with E-state index in [9.17, 15) is 9.90 Å². The second-order valence-electron chi connectivity index (χ2n) is 9.46. The van der Waals surface area contributed by atoms with Crippen LogP contribution in [0, 0.1) is 11.7 Å². The lowest BCUT2D eigenvalue weighted by Gasteiger charge is -2.23. The molecule has 2 aromatic heterocycles. The Morgan fingerprint density at radius 3 is 2.66 bits per heavy atom. The molecule has 8 nitrogen and oxygen atoms in total. The molecule has 9 heteroatoms. The summed E-state index contributed by atoms with van der Waals surface area (Å²) in [6, 6.07) is 5.12. The standard InChI is InChI=1S/C26H33FN4O4/c1-6-16(7-2)25(32)30(8-3)24-19-13-17(18-9-10-20-22(21(18)27)35-15-34-20)14-28-23(19)31(29-24)12-11-26(4,5)33/h9-10,13-14,16,33H,6-8,11-12,15H2,1-5H3. The van der Waals surface area contributed by atoms with E-state index in [2.05, 4.69) is 4.98 Å². The fourth-order valence-electron chi connectivity index (χ4n) is 4.36. The molecule has 0 saturated carbocycles. The van der Waals surface area contributed by atoms with Crippen molar-refractivity contribution in [3.63, 3.8) is 0 Å². The fraction of sp³-hybridized carbons (Fsp3) is 0.500. The molecule has 3 heterocycles. The molecule has 0 aliphatic carbocycles. The van der Waals surface area contributed by atoms with Crippen molar-refractivity contribution in [3.8, 4) is 22.6 Å². The topological polar surface area (TPSA) is 89.7 Å². The molecular weight excluding hydrogens is 451 g/mol. The van der Waals surface area contributed by atoms with Gasteiger partial charge in [-0.05, 0) is 58.2 Å². The number of nitrogens with zero attached hydrogens (tertiary/aromatic N) is 4. The monoisotopic (exact) mass is 484 g/mol. The summed E-state index contributed by atoms with van der Waals surface area (Å²) < 4.78 is 27.5. The van der Waals surface area contributed by atoms with Crippen LogP contribution in [0.25, 0.3) is 22.2 Å². The molecule has 0 fully saturated rings. The van der Waals surface area contributed by atoms with Crippen molar-refractivity contribution in [2.24, 2.45) is 5.92 Å². The number of fused-ring (bicyclic) bond motifs is 2. The first-order valence-corrected chi connectivity index (χ1v) is 12.2. The summed E-state index contributed by atoms with van der Waals surface area (Å²) >= 11 is 0. The van der Waals surface area contributed by atoms with Crippen molar-refractivity contribution in [3.05, 3.63) is 30.2 Å².